The van der Waals surface area contributed by atoms with Crippen LogP contribution in [0.4, 0.5) is 11.4 Å². The molecule has 0 spiro atoms. The van der Waals surface area contributed by atoms with E-state index in [1.807, 2.05) is 73.7 Å². The van der Waals surface area contributed by atoms with Gasteiger partial charge in [-0.1, -0.05) is 60.7 Å². The quantitative estimate of drug-likeness (QED) is 0.656. The predicted molar refractivity (Wildman–Crippen MR) is 110 cm³/mol. The lowest BCUT2D eigenvalue weighted by molar-refractivity contribution is -0.134. The molecule has 0 bridgehead atoms. The number of para-hydroxylation sites is 3. The summed E-state index contributed by atoms with van der Waals surface area (Å²) in [5.74, 6) is -0.825. The average molecular weight is 374 g/mol. The van der Waals surface area contributed by atoms with Crippen LogP contribution in [0.3, 0.4) is 0 Å². The van der Waals surface area contributed by atoms with Crippen LogP contribution in [0.5, 0.6) is 5.75 Å². The van der Waals surface area contributed by atoms with Crippen molar-refractivity contribution in [3.05, 3.63) is 90.5 Å². The SMILES string of the molecule is CCOc1ccccc1NC(=O)C(=O)N(Cc1ccccc1)c1ccccc1. The van der Waals surface area contributed by atoms with E-state index in [0.717, 1.165) is 5.56 Å². The highest BCUT2D eigenvalue weighted by molar-refractivity contribution is 6.44. The third kappa shape index (κ3) is 4.76. The summed E-state index contributed by atoms with van der Waals surface area (Å²) in [7, 11) is 0. The highest BCUT2D eigenvalue weighted by Crippen LogP contribution is 2.24. The number of hydrogen-bond donors (Lipinski definition) is 1. The Balaban J connectivity index is 1.83. The van der Waals surface area contributed by atoms with Crippen molar-refractivity contribution >= 4 is 23.2 Å². The van der Waals surface area contributed by atoms with Gasteiger partial charge >= 0.3 is 11.8 Å². The van der Waals surface area contributed by atoms with Crippen LogP contribution in [0.1, 0.15) is 12.5 Å². The molecule has 3 aromatic carbocycles. The van der Waals surface area contributed by atoms with Crippen LogP contribution in [0.15, 0.2) is 84.9 Å². The van der Waals surface area contributed by atoms with Crippen molar-refractivity contribution < 1.29 is 14.3 Å². The number of rotatable bonds is 6. The summed E-state index contributed by atoms with van der Waals surface area (Å²) in [5, 5.41) is 2.68. The first-order valence-electron chi connectivity index (χ1n) is 9.12. The fourth-order valence-corrected chi connectivity index (χ4v) is 2.80. The smallest absolute Gasteiger partial charge is 0.316 e. The minimum Gasteiger partial charge on any atom is -0.492 e. The minimum absolute atomic E-state index is 0.296. The lowest BCUT2D eigenvalue weighted by Gasteiger charge is -2.22. The monoisotopic (exact) mass is 374 g/mol. The van der Waals surface area contributed by atoms with E-state index in [0.29, 0.717) is 30.3 Å². The molecule has 5 heteroatoms. The Kier molecular flexibility index (Phi) is 6.41. The molecule has 0 saturated heterocycles. The maximum Gasteiger partial charge on any atom is 0.316 e. The summed E-state index contributed by atoms with van der Waals surface area (Å²) in [6, 6.07) is 25.8. The van der Waals surface area contributed by atoms with E-state index in [4.69, 9.17) is 4.74 Å². The molecule has 0 aliphatic rings. The van der Waals surface area contributed by atoms with E-state index in [-0.39, 0.29) is 0 Å². The van der Waals surface area contributed by atoms with E-state index < -0.39 is 11.8 Å². The first-order chi connectivity index (χ1) is 13.7. The predicted octanol–water partition coefficient (Wildman–Crippen LogP) is 4.26. The maximum absolute atomic E-state index is 13.0. The molecule has 0 aliphatic carbocycles. The van der Waals surface area contributed by atoms with Crippen LogP contribution in [-0.2, 0) is 16.1 Å². The van der Waals surface area contributed by atoms with Crippen LogP contribution < -0.4 is 15.0 Å². The first-order valence-corrected chi connectivity index (χ1v) is 9.12. The Bertz CT molecular complexity index is 927. The minimum atomic E-state index is -0.716. The number of carbonyl (C=O) groups excluding carboxylic acids is 2. The summed E-state index contributed by atoms with van der Waals surface area (Å²) in [5.41, 5.74) is 2.06. The number of anilines is 2. The number of nitrogens with zero attached hydrogens (tertiary/aromatic N) is 1. The number of benzene rings is 3. The zero-order valence-electron chi connectivity index (χ0n) is 15.7. The number of ether oxygens (including phenoxy) is 1. The lowest BCUT2D eigenvalue weighted by atomic mass is 10.2. The molecule has 0 heterocycles. The molecule has 0 fully saturated rings. The summed E-state index contributed by atoms with van der Waals surface area (Å²) in [6.45, 7) is 2.62. The fraction of sp³-hybridized carbons (Fsp3) is 0.130. The molecule has 0 atom stereocenters. The third-order valence-electron chi connectivity index (χ3n) is 4.13. The number of carbonyl (C=O) groups is 2. The molecule has 3 rings (SSSR count). The van der Waals surface area contributed by atoms with Crippen LogP contribution in [-0.4, -0.2) is 18.4 Å². The molecule has 0 aliphatic heterocycles. The average Bonchev–Trinajstić information content (AvgIpc) is 2.74. The van der Waals surface area contributed by atoms with Gasteiger partial charge in [-0.2, -0.15) is 0 Å². The molecular weight excluding hydrogens is 352 g/mol. The second-order valence-corrected chi connectivity index (χ2v) is 6.10. The van der Waals surface area contributed by atoms with E-state index >= 15 is 0 Å². The van der Waals surface area contributed by atoms with Crippen LogP contribution in [0.2, 0.25) is 0 Å². The summed E-state index contributed by atoms with van der Waals surface area (Å²) >= 11 is 0. The lowest BCUT2D eigenvalue weighted by Crippen LogP contribution is -2.39. The van der Waals surface area contributed by atoms with E-state index in [1.165, 1.54) is 4.90 Å². The summed E-state index contributed by atoms with van der Waals surface area (Å²) < 4.78 is 5.52. The van der Waals surface area contributed by atoms with Gasteiger partial charge in [0, 0.05) is 5.69 Å². The van der Waals surface area contributed by atoms with Gasteiger partial charge < -0.3 is 10.1 Å². The van der Waals surface area contributed by atoms with Gasteiger partial charge in [0.1, 0.15) is 5.75 Å². The Hall–Kier alpha value is -3.60. The summed E-state index contributed by atoms with van der Waals surface area (Å²) in [6.07, 6.45) is 0. The molecular formula is C23H22N2O3. The highest BCUT2D eigenvalue weighted by Gasteiger charge is 2.24. The molecule has 0 radical (unpaired) electrons. The summed E-state index contributed by atoms with van der Waals surface area (Å²) in [4.78, 5) is 27.2. The van der Waals surface area contributed by atoms with Gasteiger partial charge in [0.2, 0.25) is 0 Å². The van der Waals surface area contributed by atoms with Gasteiger partial charge in [-0.15, -0.1) is 0 Å². The first kappa shape index (κ1) is 19.2. The number of hydrogen-bond acceptors (Lipinski definition) is 3. The van der Waals surface area contributed by atoms with E-state index in [9.17, 15) is 9.59 Å². The molecule has 3 aromatic rings. The fourth-order valence-electron chi connectivity index (χ4n) is 2.80. The molecule has 0 aromatic heterocycles. The molecule has 0 saturated carbocycles. The maximum atomic E-state index is 13.0. The Morgan fingerprint density at radius 3 is 2.14 bits per heavy atom. The second-order valence-electron chi connectivity index (χ2n) is 6.10. The molecule has 2 amide bonds. The zero-order chi connectivity index (χ0) is 19.8. The van der Waals surface area contributed by atoms with E-state index in [1.54, 1.807) is 18.2 Å². The zero-order valence-corrected chi connectivity index (χ0v) is 15.7. The van der Waals surface area contributed by atoms with Crippen LogP contribution >= 0.6 is 0 Å². The van der Waals surface area contributed by atoms with Crippen LogP contribution in [0.25, 0.3) is 0 Å². The van der Waals surface area contributed by atoms with Crippen molar-refractivity contribution in [3.8, 4) is 5.75 Å². The van der Waals surface area contributed by atoms with E-state index in [2.05, 4.69) is 5.32 Å². The molecule has 1 N–H and O–H groups in total. The number of nitrogens with one attached hydrogen (secondary N) is 1. The molecule has 0 unspecified atom stereocenters. The van der Waals surface area contributed by atoms with Crippen molar-refractivity contribution in [3.63, 3.8) is 0 Å². The van der Waals surface area contributed by atoms with Gasteiger partial charge in [0.05, 0.1) is 18.8 Å². The van der Waals surface area contributed by atoms with Crippen molar-refractivity contribution in [1.82, 2.24) is 0 Å². The van der Waals surface area contributed by atoms with Gasteiger partial charge in [-0.25, -0.2) is 0 Å². The second kappa shape index (κ2) is 9.37. The third-order valence-corrected chi connectivity index (χ3v) is 4.13. The normalized spacial score (nSPS) is 10.2. The van der Waals surface area contributed by atoms with Gasteiger partial charge in [-0.3, -0.25) is 14.5 Å². The molecule has 5 nitrogen and oxygen atoms in total. The standard InChI is InChI=1S/C23H22N2O3/c1-2-28-21-16-10-9-15-20(21)24-22(26)23(27)25(19-13-7-4-8-14-19)17-18-11-5-3-6-12-18/h3-16H,2,17H2,1H3,(H,24,26). The highest BCUT2D eigenvalue weighted by atomic mass is 16.5. The molecule has 142 valence electrons. The Morgan fingerprint density at radius 2 is 1.46 bits per heavy atom. The van der Waals surface area contributed by atoms with Gasteiger partial charge in [0.15, 0.2) is 0 Å². The Labute approximate surface area is 164 Å². The topological polar surface area (TPSA) is 58.6 Å². The van der Waals surface area contributed by atoms with Gasteiger partial charge in [-0.05, 0) is 36.8 Å². The molecule has 28 heavy (non-hydrogen) atoms. The van der Waals surface area contributed by atoms with Crippen molar-refractivity contribution in [2.75, 3.05) is 16.8 Å². The van der Waals surface area contributed by atoms with Crippen LogP contribution in [0, 0.1) is 0 Å². The number of amides is 2. The Morgan fingerprint density at radius 1 is 0.857 bits per heavy atom. The van der Waals surface area contributed by atoms with Crippen molar-refractivity contribution in [2.45, 2.75) is 13.5 Å². The van der Waals surface area contributed by atoms with Crippen molar-refractivity contribution in [2.24, 2.45) is 0 Å². The van der Waals surface area contributed by atoms with Crippen molar-refractivity contribution in [1.29, 1.82) is 0 Å². The van der Waals surface area contributed by atoms with Gasteiger partial charge in [0.25, 0.3) is 0 Å². The largest absolute Gasteiger partial charge is 0.492 e.